The molecule has 0 saturated carbocycles. The van der Waals surface area contributed by atoms with E-state index in [9.17, 15) is 5.26 Å². The predicted molar refractivity (Wildman–Crippen MR) is 113 cm³/mol. The van der Waals surface area contributed by atoms with Crippen molar-refractivity contribution >= 4 is 17.4 Å². The number of likely N-dealkylation sites (N-methyl/N-ethyl adjacent to an activating group) is 1. The monoisotopic (exact) mass is 395 g/mol. The van der Waals surface area contributed by atoms with E-state index in [1.807, 2.05) is 13.0 Å². The van der Waals surface area contributed by atoms with Gasteiger partial charge < -0.3 is 9.80 Å². The largest absolute Gasteiger partial charge is 0.351 e. The molecule has 3 heterocycles. The van der Waals surface area contributed by atoms with Gasteiger partial charge in [0.1, 0.15) is 0 Å². The van der Waals surface area contributed by atoms with Crippen molar-refractivity contribution < 1.29 is 0 Å². The summed E-state index contributed by atoms with van der Waals surface area (Å²) in [5.41, 5.74) is 5.72. The minimum Gasteiger partial charge on any atom is -0.351 e. The molecule has 2 aliphatic heterocycles. The number of rotatable bonds is 2. The molecule has 146 valence electrons. The Balaban J connectivity index is 1.76. The molecule has 5 nitrogen and oxygen atoms in total. The summed E-state index contributed by atoms with van der Waals surface area (Å²) >= 11 is 6.53. The Labute approximate surface area is 171 Å². The normalized spacial score (nSPS) is 20.0. The maximum absolute atomic E-state index is 9.19. The van der Waals surface area contributed by atoms with Crippen molar-refractivity contribution in [2.45, 2.75) is 45.6 Å². The quantitative estimate of drug-likeness (QED) is 0.765. The topological polar surface area (TPSA) is 56.1 Å². The summed E-state index contributed by atoms with van der Waals surface area (Å²) in [6.07, 6.45) is 4.61. The maximum atomic E-state index is 9.19. The standard InChI is InChI=1S/C22H26ClN5/c1-14-10-16(12-24)11-19(23)20(14)21-15(2)18-7-5-9-28(22(18)26-25-21)17-6-4-8-27(3)13-17/h10-11,17H,4-9,13H2,1-3H3. The zero-order chi connectivity index (χ0) is 19.8. The first-order valence-electron chi connectivity index (χ1n) is 10.0. The fourth-order valence-corrected chi connectivity index (χ4v) is 5.06. The molecule has 0 amide bonds. The van der Waals surface area contributed by atoms with E-state index in [4.69, 9.17) is 16.7 Å². The van der Waals surface area contributed by atoms with Crippen LogP contribution < -0.4 is 4.90 Å². The van der Waals surface area contributed by atoms with Gasteiger partial charge in [0.15, 0.2) is 5.82 Å². The second kappa shape index (κ2) is 7.69. The highest BCUT2D eigenvalue weighted by Crippen LogP contribution is 2.38. The second-order valence-corrected chi connectivity index (χ2v) is 8.50. The van der Waals surface area contributed by atoms with Gasteiger partial charge in [0.2, 0.25) is 0 Å². The first-order chi connectivity index (χ1) is 13.5. The number of benzene rings is 1. The molecule has 2 aliphatic rings. The molecule has 1 atom stereocenters. The molecule has 1 fully saturated rings. The molecule has 0 radical (unpaired) electrons. The molecule has 4 rings (SSSR count). The third-order valence-electron chi connectivity index (χ3n) is 6.11. The molecule has 28 heavy (non-hydrogen) atoms. The van der Waals surface area contributed by atoms with Crippen LogP contribution in [-0.4, -0.2) is 47.8 Å². The molecule has 0 bridgehead atoms. The molecular formula is C22H26ClN5. The van der Waals surface area contributed by atoms with Crippen LogP contribution in [0.5, 0.6) is 0 Å². The lowest BCUT2D eigenvalue weighted by molar-refractivity contribution is 0.242. The molecule has 2 aromatic rings. The van der Waals surface area contributed by atoms with Crippen molar-refractivity contribution in [2.75, 3.05) is 31.6 Å². The second-order valence-electron chi connectivity index (χ2n) is 8.09. The van der Waals surface area contributed by atoms with Gasteiger partial charge in [0.05, 0.1) is 22.3 Å². The van der Waals surface area contributed by atoms with Crippen molar-refractivity contribution in [2.24, 2.45) is 0 Å². The summed E-state index contributed by atoms with van der Waals surface area (Å²) in [5.74, 6) is 1.05. The SMILES string of the molecule is Cc1cc(C#N)cc(Cl)c1-c1nnc2c(c1C)CCCN2C1CCCN(C)C1. The minimum absolute atomic E-state index is 0.512. The van der Waals surface area contributed by atoms with E-state index in [1.165, 1.54) is 24.9 Å². The van der Waals surface area contributed by atoms with Crippen molar-refractivity contribution in [3.8, 4) is 17.3 Å². The van der Waals surface area contributed by atoms with Crippen LogP contribution in [0.1, 0.15) is 41.5 Å². The number of hydrogen-bond donors (Lipinski definition) is 0. The maximum Gasteiger partial charge on any atom is 0.155 e. The molecule has 6 heteroatoms. The number of anilines is 1. The molecule has 1 aromatic carbocycles. The Morgan fingerprint density at radius 1 is 1.18 bits per heavy atom. The van der Waals surface area contributed by atoms with Gasteiger partial charge in [-0.3, -0.25) is 0 Å². The number of likely N-dealkylation sites (tertiary alicyclic amines) is 1. The predicted octanol–water partition coefficient (Wildman–Crippen LogP) is 4.13. The Kier molecular flexibility index (Phi) is 5.27. The van der Waals surface area contributed by atoms with Crippen molar-refractivity contribution in [1.29, 1.82) is 5.26 Å². The van der Waals surface area contributed by atoms with E-state index >= 15 is 0 Å². The van der Waals surface area contributed by atoms with E-state index < -0.39 is 0 Å². The summed E-state index contributed by atoms with van der Waals surface area (Å²) in [6, 6.07) is 6.26. The summed E-state index contributed by atoms with van der Waals surface area (Å²) < 4.78 is 0. The molecule has 0 aliphatic carbocycles. The Hall–Kier alpha value is -2.16. The number of fused-ring (bicyclic) bond motifs is 1. The number of nitriles is 1. The van der Waals surface area contributed by atoms with Crippen molar-refractivity contribution in [3.05, 3.63) is 39.4 Å². The lowest BCUT2D eigenvalue weighted by Gasteiger charge is -2.41. The van der Waals surface area contributed by atoms with Crippen LogP contribution in [0, 0.1) is 25.2 Å². The van der Waals surface area contributed by atoms with Gasteiger partial charge in [-0.25, -0.2) is 0 Å². The molecule has 1 unspecified atom stereocenters. The average Bonchev–Trinajstić information content (AvgIpc) is 2.68. The Morgan fingerprint density at radius 2 is 2.00 bits per heavy atom. The number of piperidine rings is 1. The van der Waals surface area contributed by atoms with Crippen LogP contribution in [0.15, 0.2) is 12.1 Å². The Bertz CT molecular complexity index is 926. The average molecular weight is 396 g/mol. The molecule has 1 saturated heterocycles. The number of nitrogens with zero attached hydrogens (tertiary/aromatic N) is 5. The van der Waals surface area contributed by atoms with Gasteiger partial charge in [-0.15, -0.1) is 10.2 Å². The van der Waals surface area contributed by atoms with E-state index in [0.29, 0.717) is 16.6 Å². The van der Waals surface area contributed by atoms with Crippen molar-refractivity contribution in [3.63, 3.8) is 0 Å². The van der Waals surface area contributed by atoms with Crippen LogP contribution >= 0.6 is 11.6 Å². The first-order valence-corrected chi connectivity index (χ1v) is 10.4. The van der Waals surface area contributed by atoms with Crippen LogP contribution in [0.25, 0.3) is 11.3 Å². The molecule has 1 aromatic heterocycles. The first kappa shape index (κ1) is 19.2. The van der Waals surface area contributed by atoms with Crippen LogP contribution in [-0.2, 0) is 6.42 Å². The number of halogens is 1. The van der Waals surface area contributed by atoms with Gasteiger partial charge in [0, 0.05) is 30.3 Å². The van der Waals surface area contributed by atoms with E-state index in [0.717, 1.165) is 54.1 Å². The van der Waals surface area contributed by atoms with Crippen LogP contribution in [0.3, 0.4) is 0 Å². The number of hydrogen-bond acceptors (Lipinski definition) is 5. The molecule has 0 N–H and O–H groups in total. The van der Waals surface area contributed by atoms with Crippen LogP contribution in [0.4, 0.5) is 5.82 Å². The zero-order valence-electron chi connectivity index (χ0n) is 16.8. The smallest absolute Gasteiger partial charge is 0.155 e. The third kappa shape index (κ3) is 3.36. The van der Waals surface area contributed by atoms with E-state index in [1.54, 1.807) is 6.07 Å². The number of aromatic nitrogens is 2. The zero-order valence-corrected chi connectivity index (χ0v) is 17.6. The van der Waals surface area contributed by atoms with Gasteiger partial charge in [-0.2, -0.15) is 5.26 Å². The summed E-state index contributed by atoms with van der Waals surface area (Å²) in [7, 11) is 2.20. The lowest BCUT2D eigenvalue weighted by Crippen LogP contribution is -2.49. The minimum atomic E-state index is 0.512. The Morgan fingerprint density at radius 3 is 2.71 bits per heavy atom. The van der Waals surface area contributed by atoms with E-state index in [2.05, 4.69) is 34.9 Å². The highest BCUT2D eigenvalue weighted by molar-refractivity contribution is 6.33. The number of aryl methyl sites for hydroxylation is 1. The fourth-order valence-electron chi connectivity index (χ4n) is 4.70. The van der Waals surface area contributed by atoms with Gasteiger partial charge in [-0.05, 0) is 76.4 Å². The third-order valence-corrected chi connectivity index (χ3v) is 6.41. The summed E-state index contributed by atoms with van der Waals surface area (Å²) in [6.45, 7) is 7.43. The van der Waals surface area contributed by atoms with E-state index in [-0.39, 0.29) is 0 Å². The van der Waals surface area contributed by atoms with Crippen LogP contribution in [0.2, 0.25) is 5.02 Å². The molecular weight excluding hydrogens is 370 g/mol. The highest BCUT2D eigenvalue weighted by Gasteiger charge is 2.30. The van der Waals surface area contributed by atoms with Gasteiger partial charge >= 0.3 is 0 Å². The van der Waals surface area contributed by atoms with Crippen molar-refractivity contribution in [1.82, 2.24) is 15.1 Å². The highest BCUT2D eigenvalue weighted by atomic mass is 35.5. The summed E-state index contributed by atoms with van der Waals surface area (Å²) in [4.78, 5) is 4.89. The fraction of sp³-hybridized carbons (Fsp3) is 0.500. The summed E-state index contributed by atoms with van der Waals surface area (Å²) in [5, 5.41) is 19.1. The van der Waals surface area contributed by atoms with Gasteiger partial charge in [-0.1, -0.05) is 11.6 Å². The van der Waals surface area contributed by atoms with Gasteiger partial charge in [0.25, 0.3) is 0 Å². The lowest BCUT2D eigenvalue weighted by atomic mass is 9.93. The molecule has 0 spiro atoms.